The van der Waals surface area contributed by atoms with Crippen molar-refractivity contribution in [3.8, 4) is 5.75 Å². The fourth-order valence-corrected chi connectivity index (χ4v) is 4.10. The molecule has 1 fully saturated rings. The molecule has 1 atom stereocenters. The van der Waals surface area contributed by atoms with Gasteiger partial charge in [-0.3, -0.25) is 9.69 Å². The van der Waals surface area contributed by atoms with Gasteiger partial charge in [-0.05, 0) is 42.0 Å². The first-order chi connectivity index (χ1) is 13.3. The van der Waals surface area contributed by atoms with E-state index in [4.69, 9.17) is 9.47 Å². The van der Waals surface area contributed by atoms with Crippen molar-refractivity contribution in [3.63, 3.8) is 0 Å². The van der Waals surface area contributed by atoms with Crippen LogP contribution in [0, 0.1) is 0 Å². The number of hydrogen-bond acceptors (Lipinski definition) is 5. The Labute approximate surface area is 165 Å². The van der Waals surface area contributed by atoms with Crippen LogP contribution >= 0.6 is 11.3 Å². The molecule has 2 heterocycles. The Hall–Kier alpha value is -1.89. The van der Waals surface area contributed by atoms with Crippen LogP contribution in [-0.2, 0) is 16.0 Å². The summed E-state index contributed by atoms with van der Waals surface area (Å²) in [6.07, 6.45) is 2.42. The van der Waals surface area contributed by atoms with Gasteiger partial charge in [-0.15, -0.1) is 11.3 Å². The van der Waals surface area contributed by atoms with Gasteiger partial charge in [-0.1, -0.05) is 18.2 Å². The molecule has 27 heavy (non-hydrogen) atoms. The van der Waals surface area contributed by atoms with Crippen molar-refractivity contribution >= 4 is 17.2 Å². The highest BCUT2D eigenvalue weighted by Gasteiger charge is 2.23. The van der Waals surface area contributed by atoms with Gasteiger partial charge < -0.3 is 14.8 Å². The van der Waals surface area contributed by atoms with Crippen LogP contribution in [0.4, 0.5) is 0 Å². The maximum absolute atomic E-state index is 12.3. The summed E-state index contributed by atoms with van der Waals surface area (Å²) < 4.78 is 10.8. The molecule has 146 valence electrons. The standard InChI is InChI=1S/C21H28N2O3S/c1-25-18-9-7-17(8-10-18)20(23-11-13-26-14-12-23)16-22-21(24)6-2-4-19-5-3-15-27-19/h3,5,7-10,15,20H,2,4,6,11-14,16H2,1H3,(H,22,24). The van der Waals surface area contributed by atoms with Crippen molar-refractivity contribution in [2.24, 2.45) is 0 Å². The second-order valence-electron chi connectivity index (χ2n) is 6.67. The van der Waals surface area contributed by atoms with Gasteiger partial charge in [-0.2, -0.15) is 0 Å². The number of amides is 1. The lowest BCUT2D eigenvalue weighted by molar-refractivity contribution is -0.121. The van der Waals surface area contributed by atoms with Crippen molar-refractivity contribution in [2.45, 2.75) is 25.3 Å². The van der Waals surface area contributed by atoms with E-state index in [9.17, 15) is 4.79 Å². The SMILES string of the molecule is COc1ccc(C(CNC(=O)CCCc2cccs2)N2CCOCC2)cc1. The number of carbonyl (C=O) groups is 1. The van der Waals surface area contributed by atoms with Crippen LogP contribution in [-0.4, -0.2) is 50.8 Å². The van der Waals surface area contributed by atoms with Gasteiger partial charge in [-0.25, -0.2) is 0 Å². The number of hydrogen-bond donors (Lipinski definition) is 1. The van der Waals surface area contributed by atoms with Crippen molar-refractivity contribution in [2.75, 3.05) is 40.0 Å². The van der Waals surface area contributed by atoms with Crippen LogP contribution in [0.15, 0.2) is 41.8 Å². The van der Waals surface area contributed by atoms with E-state index in [-0.39, 0.29) is 11.9 Å². The lowest BCUT2D eigenvalue weighted by Gasteiger charge is -2.35. The molecular formula is C21H28N2O3S. The molecule has 1 aromatic heterocycles. The Kier molecular flexibility index (Phi) is 7.68. The first-order valence-corrected chi connectivity index (χ1v) is 10.4. The highest BCUT2D eigenvalue weighted by atomic mass is 32.1. The second kappa shape index (κ2) is 10.4. The summed E-state index contributed by atoms with van der Waals surface area (Å²) in [5.41, 5.74) is 1.19. The van der Waals surface area contributed by atoms with Crippen LogP contribution < -0.4 is 10.1 Å². The van der Waals surface area contributed by atoms with Crippen molar-refractivity contribution < 1.29 is 14.3 Å². The fourth-order valence-electron chi connectivity index (χ4n) is 3.35. The van der Waals surface area contributed by atoms with Gasteiger partial charge in [0.25, 0.3) is 0 Å². The number of nitrogens with zero attached hydrogens (tertiary/aromatic N) is 1. The first-order valence-electron chi connectivity index (χ1n) is 9.51. The summed E-state index contributed by atoms with van der Waals surface area (Å²) in [7, 11) is 1.67. The van der Waals surface area contributed by atoms with Crippen LogP contribution in [0.3, 0.4) is 0 Å². The Morgan fingerprint density at radius 3 is 2.70 bits per heavy atom. The first kappa shape index (κ1) is 19.9. The Bertz CT molecular complexity index is 682. The van der Waals surface area contributed by atoms with Crippen LogP contribution in [0.1, 0.15) is 29.3 Å². The number of morpholine rings is 1. The van der Waals surface area contributed by atoms with E-state index in [0.717, 1.165) is 44.9 Å². The van der Waals surface area contributed by atoms with Crippen LogP contribution in [0.5, 0.6) is 5.75 Å². The van der Waals surface area contributed by atoms with Crippen LogP contribution in [0.25, 0.3) is 0 Å². The monoisotopic (exact) mass is 388 g/mol. The van der Waals surface area contributed by atoms with E-state index < -0.39 is 0 Å². The van der Waals surface area contributed by atoms with E-state index in [1.807, 2.05) is 12.1 Å². The van der Waals surface area contributed by atoms with E-state index >= 15 is 0 Å². The molecular weight excluding hydrogens is 360 g/mol. The van der Waals surface area contributed by atoms with Gasteiger partial charge in [0.2, 0.25) is 5.91 Å². The largest absolute Gasteiger partial charge is 0.497 e. The maximum Gasteiger partial charge on any atom is 0.220 e. The minimum Gasteiger partial charge on any atom is -0.497 e. The number of ether oxygens (including phenoxy) is 2. The number of methoxy groups -OCH3 is 1. The number of benzene rings is 1. The van der Waals surface area contributed by atoms with Gasteiger partial charge in [0.1, 0.15) is 5.75 Å². The minimum absolute atomic E-state index is 0.123. The van der Waals surface area contributed by atoms with Crippen molar-refractivity contribution in [1.82, 2.24) is 10.2 Å². The summed E-state index contributed by atoms with van der Waals surface area (Å²) in [5.74, 6) is 0.968. The predicted molar refractivity (Wildman–Crippen MR) is 108 cm³/mol. The zero-order valence-electron chi connectivity index (χ0n) is 15.9. The summed E-state index contributed by atoms with van der Waals surface area (Å²) in [4.78, 5) is 16.0. The third-order valence-electron chi connectivity index (χ3n) is 4.89. The maximum atomic E-state index is 12.3. The van der Waals surface area contributed by atoms with E-state index in [2.05, 4.69) is 39.9 Å². The topological polar surface area (TPSA) is 50.8 Å². The average Bonchev–Trinajstić information content (AvgIpc) is 3.23. The van der Waals surface area contributed by atoms with Gasteiger partial charge in [0, 0.05) is 30.9 Å². The molecule has 0 saturated carbocycles. The molecule has 1 unspecified atom stereocenters. The molecule has 6 heteroatoms. The molecule has 1 aliphatic rings. The molecule has 1 aliphatic heterocycles. The van der Waals surface area contributed by atoms with Gasteiger partial charge in [0.05, 0.1) is 26.4 Å². The van der Waals surface area contributed by atoms with Crippen molar-refractivity contribution in [3.05, 3.63) is 52.2 Å². The van der Waals surface area contributed by atoms with Crippen molar-refractivity contribution in [1.29, 1.82) is 0 Å². The lowest BCUT2D eigenvalue weighted by Crippen LogP contribution is -2.43. The zero-order valence-corrected chi connectivity index (χ0v) is 16.7. The summed E-state index contributed by atoms with van der Waals surface area (Å²) in [6, 6.07) is 12.5. The van der Waals surface area contributed by atoms with Crippen LogP contribution in [0.2, 0.25) is 0 Å². The quantitative estimate of drug-likeness (QED) is 0.716. The Morgan fingerprint density at radius 2 is 2.04 bits per heavy atom. The molecule has 0 spiro atoms. The highest BCUT2D eigenvalue weighted by molar-refractivity contribution is 7.09. The number of rotatable bonds is 9. The van der Waals surface area contributed by atoms with Gasteiger partial charge in [0.15, 0.2) is 0 Å². The smallest absolute Gasteiger partial charge is 0.220 e. The molecule has 0 bridgehead atoms. The fraction of sp³-hybridized carbons (Fsp3) is 0.476. The van der Waals surface area contributed by atoms with E-state index in [0.29, 0.717) is 13.0 Å². The zero-order chi connectivity index (χ0) is 18.9. The van der Waals surface area contributed by atoms with E-state index in [1.54, 1.807) is 18.4 Å². The third-order valence-corrected chi connectivity index (χ3v) is 5.82. The molecule has 5 nitrogen and oxygen atoms in total. The Morgan fingerprint density at radius 1 is 1.26 bits per heavy atom. The van der Waals surface area contributed by atoms with E-state index in [1.165, 1.54) is 10.4 Å². The molecule has 1 N–H and O–H groups in total. The lowest BCUT2D eigenvalue weighted by atomic mass is 10.0. The third kappa shape index (κ3) is 6.06. The molecule has 3 rings (SSSR count). The summed E-state index contributed by atoms with van der Waals surface area (Å²) >= 11 is 1.75. The molecule has 2 aromatic rings. The molecule has 1 saturated heterocycles. The number of thiophene rings is 1. The minimum atomic E-state index is 0.123. The number of aryl methyl sites for hydroxylation is 1. The average molecular weight is 389 g/mol. The molecule has 1 aromatic carbocycles. The Balaban J connectivity index is 1.54. The second-order valence-corrected chi connectivity index (χ2v) is 7.71. The molecule has 0 radical (unpaired) electrons. The molecule has 0 aliphatic carbocycles. The van der Waals surface area contributed by atoms with Gasteiger partial charge >= 0.3 is 0 Å². The molecule has 1 amide bonds. The highest BCUT2D eigenvalue weighted by Crippen LogP contribution is 2.23. The summed E-state index contributed by atoms with van der Waals surface area (Å²) in [6.45, 7) is 3.85. The predicted octanol–water partition coefficient (Wildman–Crippen LogP) is 3.27. The number of nitrogens with one attached hydrogen (secondary N) is 1. The summed E-state index contributed by atoms with van der Waals surface area (Å²) in [5, 5.41) is 5.22. The number of carbonyl (C=O) groups excluding carboxylic acids is 1. The normalized spacial score (nSPS) is 16.0.